The maximum Gasteiger partial charge on any atom is 0.234 e. The van der Waals surface area contributed by atoms with Crippen molar-refractivity contribution in [2.75, 3.05) is 40.0 Å². The zero-order valence-electron chi connectivity index (χ0n) is 17.5. The van der Waals surface area contributed by atoms with E-state index < -0.39 is 0 Å². The largest absolute Gasteiger partial charge is 0.496 e. The maximum atomic E-state index is 13.0. The summed E-state index contributed by atoms with van der Waals surface area (Å²) >= 11 is 0. The van der Waals surface area contributed by atoms with Crippen molar-refractivity contribution in [3.63, 3.8) is 0 Å². The van der Waals surface area contributed by atoms with Crippen molar-refractivity contribution in [2.24, 2.45) is 0 Å². The van der Waals surface area contributed by atoms with Crippen LogP contribution in [0, 0.1) is 5.82 Å². The highest BCUT2D eigenvalue weighted by Crippen LogP contribution is 2.22. The Kier molecular flexibility index (Phi) is 7.01. The monoisotopic (exact) mass is 430 g/mol. The van der Waals surface area contributed by atoms with Crippen LogP contribution in [0.25, 0.3) is 0 Å². The normalized spacial score (nSPS) is 21.9. The molecule has 2 atom stereocenters. The number of likely N-dealkylation sites (tertiary alicyclic amines) is 1. The fourth-order valence-corrected chi connectivity index (χ4v) is 3.85. The van der Waals surface area contributed by atoms with Crippen LogP contribution < -0.4 is 14.8 Å². The van der Waals surface area contributed by atoms with Gasteiger partial charge in [0.1, 0.15) is 23.4 Å². The third-order valence-electron chi connectivity index (χ3n) is 5.44. The number of fused-ring (bicyclic) bond motifs is 1. The van der Waals surface area contributed by atoms with E-state index in [0.717, 1.165) is 11.3 Å². The first-order valence-corrected chi connectivity index (χ1v) is 10.4. The van der Waals surface area contributed by atoms with Crippen LogP contribution in [-0.4, -0.2) is 69.1 Å². The third kappa shape index (κ3) is 5.72. The van der Waals surface area contributed by atoms with Crippen LogP contribution >= 0.6 is 0 Å². The molecule has 2 aliphatic rings. The number of nitrogens with zero attached hydrogens (tertiary/aromatic N) is 1. The Balaban J connectivity index is 1.22. The molecule has 2 aromatic rings. The standard InChI is InChI=1S/C23H27FN2O5/c1-28-20-5-3-2-4-16(20)10-25-23(27)13-26-11-21-22(12-26)30-15-19(14-29-21)31-18-8-6-17(24)7-9-18/h2-9,19,21-22H,10-15H2,1H3,(H,25,27)/t21-,22-/m0/s1. The van der Waals surface area contributed by atoms with Crippen molar-refractivity contribution in [1.29, 1.82) is 0 Å². The Morgan fingerprint density at radius 3 is 2.45 bits per heavy atom. The lowest BCUT2D eigenvalue weighted by atomic mass is 10.2. The molecule has 0 bridgehead atoms. The van der Waals surface area contributed by atoms with Gasteiger partial charge >= 0.3 is 0 Å². The zero-order chi connectivity index (χ0) is 21.6. The van der Waals surface area contributed by atoms with E-state index in [-0.39, 0.29) is 36.6 Å². The number of amides is 1. The highest BCUT2D eigenvalue weighted by atomic mass is 19.1. The number of ether oxygens (including phenoxy) is 4. The summed E-state index contributed by atoms with van der Waals surface area (Å²) in [5.41, 5.74) is 0.934. The Morgan fingerprint density at radius 1 is 1.10 bits per heavy atom. The summed E-state index contributed by atoms with van der Waals surface area (Å²) in [7, 11) is 1.62. The van der Waals surface area contributed by atoms with Crippen LogP contribution in [0.2, 0.25) is 0 Å². The Morgan fingerprint density at radius 2 is 1.77 bits per heavy atom. The smallest absolute Gasteiger partial charge is 0.234 e. The van der Waals surface area contributed by atoms with Gasteiger partial charge in [-0.1, -0.05) is 18.2 Å². The number of carbonyl (C=O) groups is 1. The molecular weight excluding hydrogens is 403 g/mol. The minimum absolute atomic E-state index is 0.0557. The number of hydrogen-bond donors (Lipinski definition) is 1. The molecule has 2 aromatic carbocycles. The van der Waals surface area contributed by atoms with Crippen molar-refractivity contribution in [3.05, 3.63) is 59.9 Å². The van der Waals surface area contributed by atoms with Crippen LogP contribution in [0.5, 0.6) is 11.5 Å². The summed E-state index contributed by atoms with van der Waals surface area (Å²) in [6.07, 6.45) is -0.471. The molecule has 4 rings (SSSR count). The van der Waals surface area contributed by atoms with Crippen LogP contribution in [0.4, 0.5) is 4.39 Å². The fourth-order valence-electron chi connectivity index (χ4n) is 3.85. The minimum Gasteiger partial charge on any atom is -0.496 e. The predicted octanol–water partition coefficient (Wildman–Crippen LogP) is 2.00. The van der Waals surface area contributed by atoms with E-state index in [1.54, 1.807) is 19.2 Å². The molecule has 2 fully saturated rings. The Labute approximate surface area is 181 Å². The fraction of sp³-hybridized carbons (Fsp3) is 0.435. The summed E-state index contributed by atoms with van der Waals surface area (Å²) in [5, 5.41) is 2.94. The molecule has 0 aliphatic carbocycles. The Hall–Kier alpha value is -2.68. The van der Waals surface area contributed by atoms with Gasteiger partial charge in [-0.2, -0.15) is 0 Å². The molecule has 2 heterocycles. The van der Waals surface area contributed by atoms with Gasteiger partial charge in [0.2, 0.25) is 5.91 Å². The van der Waals surface area contributed by atoms with Crippen molar-refractivity contribution in [2.45, 2.75) is 24.9 Å². The second-order valence-corrected chi connectivity index (χ2v) is 7.72. The second-order valence-electron chi connectivity index (χ2n) is 7.72. The molecule has 0 saturated carbocycles. The van der Waals surface area contributed by atoms with Crippen molar-refractivity contribution in [1.82, 2.24) is 10.2 Å². The molecule has 7 nitrogen and oxygen atoms in total. The topological polar surface area (TPSA) is 69.3 Å². The highest BCUT2D eigenvalue weighted by Gasteiger charge is 2.38. The van der Waals surface area contributed by atoms with Gasteiger partial charge < -0.3 is 24.3 Å². The van der Waals surface area contributed by atoms with Gasteiger partial charge in [0.25, 0.3) is 0 Å². The molecule has 2 aliphatic heterocycles. The average Bonchev–Trinajstić information content (AvgIpc) is 3.07. The molecule has 1 amide bonds. The molecule has 0 aromatic heterocycles. The van der Waals surface area contributed by atoms with E-state index in [1.807, 2.05) is 29.2 Å². The van der Waals surface area contributed by atoms with E-state index in [1.165, 1.54) is 12.1 Å². The lowest BCUT2D eigenvalue weighted by molar-refractivity contribution is -0.122. The number of carbonyl (C=O) groups excluding carboxylic acids is 1. The molecule has 31 heavy (non-hydrogen) atoms. The number of rotatable bonds is 7. The van der Waals surface area contributed by atoms with Gasteiger partial charge in [0.05, 0.1) is 39.1 Å². The quantitative estimate of drug-likeness (QED) is 0.725. The molecule has 1 N–H and O–H groups in total. The molecule has 0 radical (unpaired) electrons. The molecule has 2 saturated heterocycles. The number of benzene rings is 2. The SMILES string of the molecule is COc1ccccc1CNC(=O)CN1C[C@@H]2OCC(Oc3ccc(F)cc3)CO[C@H]2C1. The summed E-state index contributed by atoms with van der Waals surface area (Å²) in [6, 6.07) is 13.5. The number of hydrogen-bond acceptors (Lipinski definition) is 6. The van der Waals surface area contributed by atoms with Crippen molar-refractivity contribution < 1.29 is 28.1 Å². The molecule has 8 heteroatoms. The number of para-hydroxylation sites is 1. The molecule has 0 unspecified atom stereocenters. The Bertz CT molecular complexity index is 863. The van der Waals surface area contributed by atoms with E-state index in [9.17, 15) is 9.18 Å². The lowest BCUT2D eigenvalue weighted by Crippen LogP contribution is -2.37. The predicted molar refractivity (Wildman–Crippen MR) is 112 cm³/mol. The first kappa shape index (κ1) is 21.5. The summed E-state index contributed by atoms with van der Waals surface area (Å²) in [6.45, 7) is 2.70. The van der Waals surface area contributed by atoms with Crippen LogP contribution in [0.15, 0.2) is 48.5 Å². The third-order valence-corrected chi connectivity index (χ3v) is 5.44. The first-order valence-electron chi connectivity index (χ1n) is 10.4. The van der Waals surface area contributed by atoms with E-state index in [0.29, 0.717) is 38.6 Å². The number of methoxy groups -OCH3 is 1. The van der Waals surface area contributed by atoms with Crippen molar-refractivity contribution in [3.8, 4) is 11.5 Å². The minimum atomic E-state index is -0.303. The summed E-state index contributed by atoms with van der Waals surface area (Å²) in [4.78, 5) is 14.4. The molecule has 0 spiro atoms. The zero-order valence-corrected chi connectivity index (χ0v) is 17.5. The maximum absolute atomic E-state index is 13.0. The highest BCUT2D eigenvalue weighted by molar-refractivity contribution is 5.78. The van der Waals surface area contributed by atoms with Gasteiger partial charge in [0, 0.05) is 25.2 Å². The van der Waals surface area contributed by atoms with E-state index in [2.05, 4.69) is 5.32 Å². The van der Waals surface area contributed by atoms with E-state index >= 15 is 0 Å². The van der Waals surface area contributed by atoms with Gasteiger partial charge in [-0.15, -0.1) is 0 Å². The number of halogens is 1. The van der Waals surface area contributed by atoms with Crippen LogP contribution in [0.1, 0.15) is 5.56 Å². The summed E-state index contributed by atoms with van der Waals surface area (Å²) in [5.74, 6) is 0.978. The second kappa shape index (κ2) is 10.1. The van der Waals surface area contributed by atoms with E-state index in [4.69, 9.17) is 18.9 Å². The van der Waals surface area contributed by atoms with Gasteiger partial charge in [-0.3, -0.25) is 9.69 Å². The lowest BCUT2D eigenvalue weighted by Gasteiger charge is -2.19. The molecule has 166 valence electrons. The van der Waals surface area contributed by atoms with Gasteiger partial charge in [-0.25, -0.2) is 4.39 Å². The first-order chi connectivity index (χ1) is 15.1. The van der Waals surface area contributed by atoms with Crippen LogP contribution in [-0.2, 0) is 20.8 Å². The van der Waals surface area contributed by atoms with Crippen molar-refractivity contribution >= 4 is 5.91 Å². The van der Waals surface area contributed by atoms with Crippen LogP contribution in [0.3, 0.4) is 0 Å². The summed E-state index contributed by atoms with van der Waals surface area (Å²) < 4.78 is 36.2. The van der Waals surface area contributed by atoms with Gasteiger partial charge in [0.15, 0.2) is 0 Å². The molecular formula is C23H27FN2O5. The average molecular weight is 430 g/mol. The van der Waals surface area contributed by atoms with Gasteiger partial charge in [-0.05, 0) is 30.3 Å². The number of nitrogens with one attached hydrogen (secondary N) is 1.